The molecule has 2 rings (SSSR count). The first-order chi connectivity index (χ1) is 10.3. The Kier molecular flexibility index (Phi) is 4.68. The molecule has 2 aromatic rings. The van der Waals surface area contributed by atoms with Gasteiger partial charge in [-0.1, -0.05) is 19.1 Å². The Morgan fingerprint density at radius 3 is 2.45 bits per heavy atom. The number of nitriles is 1. The molecule has 0 saturated heterocycles. The van der Waals surface area contributed by atoms with Crippen molar-refractivity contribution in [2.75, 3.05) is 5.32 Å². The first-order valence-electron chi connectivity index (χ1n) is 6.36. The van der Waals surface area contributed by atoms with E-state index in [4.69, 9.17) is 11.0 Å². The zero-order valence-electron chi connectivity index (χ0n) is 11.6. The van der Waals surface area contributed by atoms with E-state index in [0.717, 1.165) is 22.3 Å². The predicted molar refractivity (Wildman–Crippen MR) is 78.8 cm³/mol. The molecule has 0 fully saturated rings. The Morgan fingerprint density at radius 1 is 1.32 bits per heavy atom. The van der Waals surface area contributed by atoms with Gasteiger partial charge in [0, 0.05) is 17.0 Å². The van der Waals surface area contributed by atoms with E-state index >= 15 is 0 Å². The van der Waals surface area contributed by atoms with Crippen LogP contribution in [0.2, 0.25) is 0 Å². The van der Waals surface area contributed by atoms with Crippen molar-refractivity contribution >= 4 is 22.2 Å². The van der Waals surface area contributed by atoms with Crippen LogP contribution in [0.4, 0.5) is 24.0 Å². The zero-order valence-corrected chi connectivity index (χ0v) is 12.4. The lowest BCUT2D eigenvalue weighted by molar-refractivity contribution is -0.140. The average Bonchev–Trinajstić information content (AvgIpc) is 2.95. The molecule has 0 aliphatic rings. The lowest BCUT2D eigenvalue weighted by Gasteiger charge is -2.14. The first kappa shape index (κ1) is 16.3. The monoisotopic (exact) mass is 326 g/mol. The van der Waals surface area contributed by atoms with Gasteiger partial charge in [0.1, 0.15) is 0 Å². The molecule has 0 aliphatic carbocycles. The van der Waals surface area contributed by atoms with E-state index in [9.17, 15) is 13.2 Å². The summed E-state index contributed by atoms with van der Waals surface area (Å²) in [5.74, 6) is -0.129. The minimum Gasteiger partial charge on any atom is -0.332 e. The summed E-state index contributed by atoms with van der Waals surface area (Å²) in [5, 5.41) is 12.7. The largest absolute Gasteiger partial charge is 0.434 e. The molecule has 0 amide bonds. The van der Waals surface area contributed by atoms with Gasteiger partial charge in [0.15, 0.2) is 10.8 Å². The van der Waals surface area contributed by atoms with Crippen LogP contribution in [0, 0.1) is 11.3 Å². The SMILES string of the molecule is C[C@H](c1ccc(Nc2nc(C(F)(F)F)cs2)cc1)C(N)C#N. The number of rotatable bonds is 4. The Bertz CT molecular complexity index is 673. The maximum Gasteiger partial charge on any atom is 0.434 e. The zero-order chi connectivity index (χ0) is 16.3. The van der Waals surface area contributed by atoms with Crippen LogP contribution in [0.5, 0.6) is 0 Å². The predicted octanol–water partition coefficient (Wildman–Crippen LogP) is 3.86. The van der Waals surface area contributed by atoms with E-state index < -0.39 is 17.9 Å². The summed E-state index contributed by atoms with van der Waals surface area (Å²) in [6.45, 7) is 1.84. The van der Waals surface area contributed by atoms with Crippen molar-refractivity contribution in [3.05, 3.63) is 40.9 Å². The minimum absolute atomic E-state index is 0.129. The smallest absolute Gasteiger partial charge is 0.332 e. The van der Waals surface area contributed by atoms with Gasteiger partial charge >= 0.3 is 6.18 Å². The molecule has 1 aromatic carbocycles. The number of nitrogens with two attached hydrogens (primary N) is 1. The Hall–Kier alpha value is -2.11. The third kappa shape index (κ3) is 3.75. The molecule has 22 heavy (non-hydrogen) atoms. The Morgan fingerprint density at radius 2 is 1.95 bits per heavy atom. The van der Waals surface area contributed by atoms with Crippen LogP contribution in [0.15, 0.2) is 29.6 Å². The van der Waals surface area contributed by atoms with E-state index in [1.807, 2.05) is 13.0 Å². The summed E-state index contributed by atoms with van der Waals surface area (Å²) >= 11 is 0.885. The van der Waals surface area contributed by atoms with Crippen LogP contribution in [0.1, 0.15) is 24.1 Å². The second kappa shape index (κ2) is 6.34. The number of aromatic nitrogens is 1. The first-order valence-corrected chi connectivity index (χ1v) is 7.24. The number of nitrogens with zero attached hydrogens (tertiary/aromatic N) is 2. The normalized spacial score (nSPS) is 14.2. The van der Waals surface area contributed by atoms with Gasteiger partial charge in [-0.15, -0.1) is 11.3 Å². The van der Waals surface area contributed by atoms with E-state index in [1.165, 1.54) is 0 Å². The molecule has 0 bridgehead atoms. The fourth-order valence-corrected chi connectivity index (χ4v) is 2.51. The summed E-state index contributed by atoms with van der Waals surface area (Å²) in [6, 6.07) is 8.36. The van der Waals surface area contributed by atoms with Crippen molar-refractivity contribution in [2.24, 2.45) is 5.73 Å². The van der Waals surface area contributed by atoms with Gasteiger partial charge in [-0.3, -0.25) is 0 Å². The number of hydrogen-bond donors (Lipinski definition) is 2. The molecule has 1 heterocycles. The van der Waals surface area contributed by atoms with E-state index in [-0.39, 0.29) is 11.0 Å². The molecular formula is C14H13F3N4S. The molecule has 116 valence electrons. The highest BCUT2D eigenvalue weighted by Gasteiger charge is 2.33. The molecule has 0 radical (unpaired) electrons. The van der Waals surface area contributed by atoms with E-state index in [1.54, 1.807) is 24.3 Å². The quantitative estimate of drug-likeness (QED) is 0.894. The molecule has 1 aromatic heterocycles. The van der Waals surface area contributed by atoms with E-state index in [0.29, 0.717) is 5.69 Å². The summed E-state index contributed by atoms with van der Waals surface area (Å²) in [6.07, 6.45) is -4.44. The highest BCUT2D eigenvalue weighted by atomic mass is 32.1. The number of nitrogens with one attached hydrogen (secondary N) is 1. The Balaban J connectivity index is 2.09. The number of hydrogen-bond acceptors (Lipinski definition) is 5. The van der Waals surface area contributed by atoms with Crippen LogP contribution in [-0.2, 0) is 6.18 Å². The van der Waals surface area contributed by atoms with Crippen LogP contribution in [0.25, 0.3) is 0 Å². The molecule has 3 N–H and O–H groups in total. The summed E-state index contributed by atoms with van der Waals surface area (Å²) in [5.41, 5.74) is 6.25. The van der Waals surface area contributed by atoms with Gasteiger partial charge in [-0.2, -0.15) is 18.4 Å². The van der Waals surface area contributed by atoms with Crippen LogP contribution >= 0.6 is 11.3 Å². The lowest BCUT2D eigenvalue weighted by Crippen LogP contribution is -2.24. The fraction of sp³-hybridized carbons (Fsp3) is 0.286. The van der Waals surface area contributed by atoms with Gasteiger partial charge < -0.3 is 11.1 Å². The van der Waals surface area contributed by atoms with Gasteiger partial charge in [-0.25, -0.2) is 4.98 Å². The fourth-order valence-electron chi connectivity index (χ4n) is 1.77. The number of benzene rings is 1. The molecule has 0 spiro atoms. The molecule has 4 nitrogen and oxygen atoms in total. The van der Waals surface area contributed by atoms with Crippen molar-refractivity contribution in [3.63, 3.8) is 0 Å². The molecule has 0 aliphatic heterocycles. The summed E-state index contributed by atoms with van der Waals surface area (Å²) in [4.78, 5) is 3.50. The molecule has 2 atom stereocenters. The van der Waals surface area contributed by atoms with Crippen molar-refractivity contribution in [2.45, 2.75) is 25.1 Å². The maximum absolute atomic E-state index is 12.5. The van der Waals surface area contributed by atoms with Crippen molar-refractivity contribution in [1.82, 2.24) is 4.98 Å². The minimum atomic E-state index is -4.44. The second-order valence-electron chi connectivity index (χ2n) is 4.73. The summed E-state index contributed by atoms with van der Waals surface area (Å²) in [7, 11) is 0. The van der Waals surface area contributed by atoms with Gasteiger partial charge in [0.25, 0.3) is 0 Å². The van der Waals surface area contributed by atoms with Crippen molar-refractivity contribution in [1.29, 1.82) is 5.26 Å². The molecule has 8 heteroatoms. The summed E-state index contributed by atoms with van der Waals surface area (Å²) < 4.78 is 37.4. The van der Waals surface area contributed by atoms with Gasteiger partial charge in [0.05, 0.1) is 12.1 Å². The highest BCUT2D eigenvalue weighted by molar-refractivity contribution is 7.13. The lowest BCUT2D eigenvalue weighted by atomic mass is 9.95. The van der Waals surface area contributed by atoms with Crippen LogP contribution < -0.4 is 11.1 Å². The van der Waals surface area contributed by atoms with Gasteiger partial charge in [0.2, 0.25) is 0 Å². The third-order valence-electron chi connectivity index (χ3n) is 3.17. The standard InChI is InChI=1S/C14H13F3N4S/c1-8(11(19)6-18)9-2-4-10(5-3-9)20-13-21-12(7-22-13)14(15,16)17/h2-5,7-8,11H,19H2,1H3,(H,20,21)/t8-,11?/m1/s1. The third-order valence-corrected chi connectivity index (χ3v) is 3.93. The van der Waals surface area contributed by atoms with Crippen molar-refractivity contribution < 1.29 is 13.2 Å². The van der Waals surface area contributed by atoms with Crippen molar-refractivity contribution in [3.8, 4) is 6.07 Å². The van der Waals surface area contributed by atoms with Gasteiger partial charge in [-0.05, 0) is 17.7 Å². The van der Waals surface area contributed by atoms with Crippen LogP contribution in [0.3, 0.4) is 0 Å². The average molecular weight is 326 g/mol. The van der Waals surface area contributed by atoms with Crippen LogP contribution in [-0.4, -0.2) is 11.0 Å². The number of thiazole rings is 1. The molecule has 1 unspecified atom stereocenters. The topological polar surface area (TPSA) is 74.7 Å². The molecular weight excluding hydrogens is 313 g/mol. The maximum atomic E-state index is 12.5. The Labute approximate surface area is 129 Å². The molecule has 0 saturated carbocycles. The second-order valence-corrected chi connectivity index (χ2v) is 5.58. The number of alkyl halides is 3. The number of halogens is 3. The van der Waals surface area contributed by atoms with E-state index in [2.05, 4.69) is 10.3 Å². The highest BCUT2D eigenvalue weighted by Crippen LogP contribution is 2.32. The number of anilines is 2.